The van der Waals surface area contributed by atoms with Gasteiger partial charge in [0, 0.05) is 6.04 Å². The van der Waals surface area contributed by atoms with Crippen LogP contribution < -0.4 is 15.2 Å². The Morgan fingerprint density at radius 2 is 2.07 bits per heavy atom. The van der Waals surface area contributed by atoms with Gasteiger partial charge < -0.3 is 15.2 Å². The predicted molar refractivity (Wildman–Crippen MR) is 61.5 cm³/mol. The number of rotatable bonds is 5. The van der Waals surface area contributed by atoms with Gasteiger partial charge in [-0.25, -0.2) is 0 Å². The van der Waals surface area contributed by atoms with E-state index in [4.69, 9.17) is 15.2 Å². The smallest absolute Gasteiger partial charge is 0.161 e. The van der Waals surface area contributed by atoms with Gasteiger partial charge in [0.1, 0.15) is 0 Å². The molecule has 0 saturated carbocycles. The lowest BCUT2D eigenvalue weighted by molar-refractivity contribution is 0.282. The van der Waals surface area contributed by atoms with Crippen LogP contribution in [0.25, 0.3) is 0 Å². The van der Waals surface area contributed by atoms with E-state index in [0.717, 1.165) is 23.5 Å². The van der Waals surface area contributed by atoms with Crippen molar-refractivity contribution in [2.24, 2.45) is 5.73 Å². The minimum atomic E-state index is 0.168. The molecular formula is C12H19NO2. The van der Waals surface area contributed by atoms with E-state index in [-0.39, 0.29) is 6.04 Å². The molecule has 0 aliphatic heterocycles. The second kappa shape index (κ2) is 5.61. The van der Waals surface area contributed by atoms with Crippen molar-refractivity contribution in [3.8, 4) is 11.5 Å². The summed E-state index contributed by atoms with van der Waals surface area (Å²) in [4.78, 5) is 0. The molecule has 0 fully saturated rings. The monoisotopic (exact) mass is 209 g/mol. The average Bonchev–Trinajstić information content (AvgIpc) is 2.19. The summed E-state index contributed by atoms with van der Waals surface area (Å²) in [6, 6.07) is 6.06. The van der Waals surface area contributed by atoms with Gasteiger partial charge in [-0.1, -0.05) is 6.07 Å². The molecule has 1 aromatic rings. The zero-order valence-electron chi connectivity index (χ0n) is 9.62. The number of nitrogens with two attached hydrogens (primary N) is 1. The fourth-order valence-corrected chi connectivity index (χ4v) is 1.25. The highest BCUT2D eigenvalue weighted by molar-refractivity contribution is 5.42. The Morgan fingerprint density at radius 1 is 1.33 bits per heavy atom. The number of aryl methyl sites for hydroxylation is 1. The van der Waals surface area contributed by atoms with Crippen molar-refractivity contribution in [1.82, 2.24) is 0 Å². The standard InChI is InChI=1S/C12H19NO2/c1-9-4-5-11(12(8-9)14-3)15-7-6-10(2)13/h4-5,8,10H,6-7,13H2,1-3H3. The Balaban J connectivity index is 2.60. The van der Waals surface area contributed by atoms with Crippen molar-refractivity contribution in [3.05, 3.63) is 23.8 Å². The van der Waals surface area contributed by atoms with E-state index >= 15 is 0 Å². The molecular weight excluding hydrogens is 190 g/mol. The van der Waals surface area contributed by atoms with Crippen LogP contribution >= 0.6 is 0 Å². The number of methoxy groups -OCH3 is 1. The Labute approximate surface area is 91.2 Å². The summed E-state index contributed by atoms with van der Waals surface area (Å²) in [5.74, 6) is 1.56. The summed E-state index contributed by atoms with van der Waals surface area (Å²) in [5.41, 5.74) is 6.80. The first-order valence-corrected chi connectivity index (χ1v) is 5.16. The molecule has 0 heterocycles. The number of hydrogen-bond donors (Lipinski definition) is 1. The highest BCUT2D eigenvalue weighted by atomic mass is 16.5. The van der Waals surface area contributed by atoms with Crippen LogP contribution in [0.3, 0.4) is 0 Å². The fraction of sp³-hybridized carbons (Fsp3) is 0.500. The molecule has 0 aromatic heterocycles. The highest BCUT2D eigenvalue weighted by Crippen LogP contribution is 2.27. The zero-order chi connectivity index (χ0) is 11.3. The van der Waals surface area contributed by atoms with Gasteiger partial charge in [-0.2, -0.15) is 0 Å². The van der Waals surface area contributed by atoms with Crippen molar-refractivity contribution in [3.63, 3.8) is 0 Å². The van der Waals surface area contributed by atoms with E-state index in [1.54, 1.807) is 7.11 Å². The fourth-order valence-electron chi connectivity index (χ4n) is 1.25. The molecule has 0 saturated heterocycles. The molecule has 0 aliphatic carbocycles. The quantitative estimate of drug-likeness (QED) is 0.807. The SMILES string of the molecule is COc1cc(C)ccc1OCCC(C)N. The average molecular weight is 209 g/mol. The third kappa shape index (κ3) is 3.80. The van der Waals surface area contributed by atoms with E-state index in [1.165, 1.54) is 0 Å². The Morgan fingerprint density at radius 3 is 2.67 bits per heavy atom. The van der Waals surface area contributed by atoms with Crippen LogP contribution in [0.5, 0.6) is 11.5 Å². The summed E-state index contributed by atoms with van der Waals surface area (Å²) < 4.78 is 10.8. The highest BCUT2D eigenvalue weighted by Gasteiger charge is 2.04. The van der Waals surface area contributed by atoms with Gasteiger partial charge in [0.05, 0.1) is 13.7 Å². The third-order valence-corrected chi connectivity index (χ3v) is 2.15. The lowest BCUT2D eigenvalue weighted by Gasteiger charge is -2.12. The molecule has 3 heteroatoms. The van der Waals surface area contributed by atoms with Crippen LogP contribution in [0.2, 0.25) is 0 Å². The van der Waals surface area contributed by atoms with Crippen LogP contribution in [0.4, 0.5) is 0 Å². The van der Waals surface area contributed by atoms with E-state index in [0.29, 0.717) is 6.61 Å². The maximum atomic E-state index is 5.64. The first-order valence-electron chi connectivity index (χ1n) is 5.16. The third-order valence-electron chi connectivity index (χ3n) is 2.15. The van der Waals surface area contributed by atoms with Crippen molar-refractivity contribution in [1.29, 1.82) is 0 Å². The van der Waals surface area contributed by atoms with Gasteiger partial charge in [0.2, 0.25) is 0 Å². The molecule has 0 spiro atoms. The molecule has 0 radical (unpaired) electrons. The summed E-state index contributed by atoms with van der Waals surface area (Å²) in [7, 11) is 1.65. The van der Waals surface area contributed by atoms with Crippen LogP contribution in [-0.2, 0) is 0 Å². The summed E-state index contributed by atoms with van der Waals surface area (Å²) >= 11 is 0. The van der Waals surface area contributed by atoms with Crippen molar-refractivity contribution >= 4 is 0 Å². The number of benzene rings is 1. The summed E-state index contributed by atoms with van der Waals surface area (Å²) in [6.07, 6.45) is 0.844. The van der Waals surface area contributed by atoms with E-state index in [1.807, 2.05) is 32.0 Å². The zero-order valence-corrected chi connectivity index (χ0v) is 9.62. The van der Waals surface area contributed by atoms with Gasteiger partial charge in [0.25, 0.3) is 0 Å². The van der Waals surface area contributed by atoms with Gasteiger partial charge in [-0.3, -0.25) is 0 Å². The number of hydrogen-bond acceptors (Lipinski definition) is 3. The topological polar surface area (TPSA) is 44.5 Å². The van der Waals surface area contributed by atoms with E-state index in [9.17, 15) is 0 Å². The van der Waals surface area contributed by atoms with Gasteiger partial charge in [0.15, 0.2) is 11.5 Å². The van der Waals surface area contributed by atoms with Gasteiger partial charge in [-0.15, -0.1) is 0 Å². The van der Waals surface area contributed by atoms with Crippen LogP contribution in [0, 0.1) is 6.92 Å². The summed E-state index contributed by atoms with van der Waals surface area (Å²) in [5, 5.41) is 0. The second-order valence-electron chi connectivity index (χ2n) is 3.77. The molecule has 15 heavy (non-hydrogen) atoms. The minimum Gasteiger partial charge on any atom is -0.493 e. The lowest BCUT2D eigenvalue weighted by atomic mass is 10.2. The van der Waals surface area contributed by atoms with E-state index in [2.05, 4.69) is 0 Å². The molecule has 1 aromatic carbocycles. The molecule has 1 rings (SSSR count). The molecule has 1 unspecified atom stereocenters. The molecule has 84 valence electrons. The maximum Gasteiger partial charge on any atom is 0.161 e. The molecule has 1 atom stereocenters. The van der Waals surface area contributed by atoms with Crippen LogP contribution in [-0.4, -0.2) is 19.8 Å². The predicted octanol–water partition coefficient (Wildman–Crippen LogP) is 2.12. The first kappa shape index (κ1) is 11.9. The summed E-state index contributed by atoms with van der Waals surface area (Å²) in [6.45, 7) is 4.61. The lowest BCUT2D eigenvalue weighted by Crippen LogP contribution is -2.18. The maximum absolute atomic E-state index is 5.64. The largest absolute Gasteiger partial charge is 0.493 e. The molecule has 3 nitrogen and oxygen atoms in total. The molecule has 0 bridgehead atoms. The molecule has 0 amide bonds. The van der Waals surface area contributed by atoms with E-state index < -0.39 is 0 Å². The van der Waals surface area contributed by atoms with Gasteiger partial charge >= 0.3 is 0 Å². The van der Waals surface area contributed by atoms with Crippen LogP contribution in [0.1, 0.15) is 18.9 Å². The van der Waals surface area contributed by atoms with Crippen molar-refractivity contribution < 1.29 is 9.47 Å². The second-order valence-corrected chi connectivity index (χ2v) is 3.77. The van der Waals surface area contributed by atoms with Gasteiger partial charge in [-0.05, 0) is 38.0 Å². The van der Waals surface area contributed by atoms with Crippen LogP contribution in [0.15, 0.2) is 18.2 Å². The molecule has 0 aliphatic rings. The minimum absolute atomic E-state index is 0.168. The Bertz CT molecular complexity index is 310. The van der Waals surface area contributed by atoms with Crippen molar-refractivity contribution in [2.45, 2.75) is 26.3 Å². The Hall–Kier alpha value is -1.22. The Kier molecular flexibility index (Phi) is 4.43. The molecule has 2 N–H and O–H groups in total. The number of ether oxygens (including phenoxy) is 2. The first-order chi connectivity index (χ1) is 7.13. The normalized spacial score (nSPS) is 12.3. The van der Waals surface area contributed by atoms with Crippen molar-refractivity contribution in [2.75, 3.05) is 13.7 Å².